The smallest absolute Gasteiger partial charge is 0.327 e. The molecule has 1 atom stereocenters. The Hall–Kier alpha value is -4.27. The monoisotopic (exact) mass is 529 g/mol. The van der Waals surface area contributed by atoms with Gasteiger partial charge in [-0.2, -0.15) is 0 Å². The number of carbonyl (C=O) groups excluding carboxylic acids is 1. The van der Waals surface area contributed by atoms with Gasteiger partial charge in [0.05, 0.1) is 19.4 Å². The first-order chi connectivity index (χ1) is 18.3. The first kappa shape index (κ1) is 26.8. The Labute approximate surface area is 225 Å². The van der Waals surface area contributed by atoms with Gasteiger partial charge in [-0.3, -0.25) is 15.1 Å². The summed E-state index contributed by atoms with van der Waals surface area (Å²) in [6, 6.07) is 19.1. The molecule has 194 valence electrons. The molecule has 1 unspecified atom stereocenters. The average Bonchev–Trinajstić information content (AvgIpc) is 2.92. The Bertz CT molecular complexity index is 1500. The number of aromatic nitrogens is 2. The average molecular weight is 530 g/mol. The van der Waals surface area contributed by atoms with Crippen LogP contribution >= 0.6 is 11.6 Å². The molecule has 2 heterocycles. The van der Waals surface area contributed by atoms with Crippen molar-refractivity contribution in [1.82, 2.24) is 14.9 Å². The lowest BCUT2D eigenvalue weighted by atomic mass is 10.0. The fourth-order valence-corrected chi connectivity index (χ4v) is 4.26. The van der Waals surface area contributed by atoms with Crippen molar-refractivity contribution in [2.24, 2.45) is 0 Å². The molecule has 0 aliphatic carbocycles. The van der Waals surface area contributed by atoms with Crippen molar-refractivity contribution in [3.05, 3.63) is 129 Å². The van der Waals surface area contributed by atoms with Gasteiger partial charge in [-0.1, -0.05) is 48.0 Å². The number of methoxy groups -OCH3 is 1. The summed E-state index contributed by atoms with van der Waals surface area (Å²) >= 11 is 6.06. The molecule has 0 fully saturated rings. The fraction of sp³-hybridized carbons (Fsp3) is 0.172. The molecule has 38 heavy (non-hydrogen) atoms. The number of ether oxygens (including phenoxy) is 1. The quantitative estimate of drug-likeness (QED) is 0.162. The Morgan fingerprint density at radius 1 is 1.08 bits per heavy atom. The Balaban J connectivity index is 1.46. The van der Waals surface area contributed by atoms with Gasteiger partial charge in [-0.25, -0.2) is 4.79 Å². The summed E-state index contributed by atoms with van der Waals surface area (Å²) in [6.07, 6.45) is 5.74. The number of hydrogen-bond acceptors (Lipinski definition) is 7. The van der Waals surface area contributed by atoms with E-state index in [1.54, 1.807) is 53.5 Å². The van der Waals surface area contributed by atoms with E-state index < -0.39 is 12.0 Å². The molecule has 8 nitrogen and oxygen atoms in total. The van der Waals surface area contributed by atoms with Crippen molar-refractivity contribution in [2.45, 2.75) is 19.0 Å². The number of benzene rings is 2. The summed E-state index contributed by atoms with van der Waals surface area (Å²) in [4.78, 5) is 28.9. The minimum atomic E-state index is -0.820. The van der Waals surface area contributed by atoms with Gasteiger partial charge in [-0.15, -0.1) is 0 Å². The molecule has 0 saturated carbocycles. The number of halogens is 1. The molecule has 0 aliphatic heterocycles. The zero-order chi connectivity index (χ0) is 27.1. The molecule has 4 rings (SSSR count). The summed E-state index contributed by atoms with van der Waals surface area (Å²) in [5.74, 6) is -0.490. The highest BCUT2D eigenvalue weighted by Gasteiger charge is 2.23. The minimum absolute atomic E-state index is 0.0422. The molecule has 2 aromatic heterocycles. The summed E-state index contributed by atoms with van der Waals surface area (Å²) < 4.78 is 6.66. The summed E-state index contributed by atoms with van der Waals surface area (Å²) in [6.45, 7) is 0.569. The number of pyridine rings is 2. The molecule has 0 amide bonds. The van der Waals surface area contributed by atoms with Crippen LogP contribution in [-0.4, -0.2) is 34.9 Å². The Morgan fingerprint density at radius 2 is 1.84 bits per heavy atom. The largest absolute Gasteiger partial charge is 0.468 e. The van der Waals surface area contributed by atoms with Gasteiger partial charge in [0.2, 0.25) is 0 Å². The van der Waals surface area contributed by atoms with Crippen LogP contribution in [-0.2, 0) is 22.5 Å². The van der Waals surface area contributed by atoms with E-state index in [1.807, 2.05) is 36.4 Å². The van der Waals surface area contributed by atoms with Crippen LogP contribution in [0.2, 0.25) is 5.02 Å². The lowest BCUT2D eigenvalue weighted by Gasteiger charge is -2.18. The van der Waals surface area contributed by atoms with Crippen LogP contribution in [0.3, 0.4) is 0 Å². The molecular weight excluding hydrogens is 502 g/mol. The third-order valence-corrected chi connectivity index (χ3v) is 6.33. The predicted octanol–water partition coefficient (Wildman–Crippen LogP) is 3.99. The maximum Gasteiger partial charge on any atom is 0.327 e. The first-order valence-electron chi connectivity index (χ1n) is 11.9. The summed E-state index contributed by atoms with van der Waals surface area (Å²) in [5.41, 5.74) is 10.7. The molecular formula is C29H28ClN5O3. The molecule has 0 bridgehead atoms. The number of nitrogens with one attached hydrogen (secondary N) is 2. The van der Waals surface area contributed by atoms with Gasteiger partial charge < -0.3 is 20.4 Å². The number of carbonyl (C=O) groups is 1. The Kier molecular flexibility index (Phi) is 8.68. The van der Waals surface area contributed by atoms with Gasteiger partial charge in [0.1, 0.15) is 6.04 Å². The maximum absolute atomic E-state index is 12.6. The van der Waals surface area contributed by atoms with Crippen LogP contribution in [0, 0.1) is 5.41 Å². The van der Waals surface area contributed by atoms with Crippen molar-refractivity contribution < 1.29 is 9.53 Å². The van der Waals surface area contributed by atoms with E-state index in [1.165, 1.54) is 7.11 Å². The number of hydrogen-bond donors (Lipinski definition) is 3. The van der Waals surface area contributed by atoms with Crippen molar-refractivity contribution in [3.63, 3.8) is 0 Å². The van der Waals surface area contributed by atoms with Crippen molar-refractivity contribution in [3.8, 4) is 0 Å². The lowest BCUT2D eigenvalue weighted by Crippen LogP contribution is -2.34. The topological polar surface area (TPSA) is 123 Å². The van der Waals surface area contributed by atoms with Crippen LogP contribution < -0.4 is 16.6 Å². The van der Waals surface area contributed by atoms with Gasteiger partial charge in [0.15, 0.2) is 0 Å². The normalized spacial score (nSPS) is 11.6. The fourth-order valence-electron chi connectivity index (χ4n) is 4.09. The van der Waals surface area contributed by atoms with Crippen LogP contribution in [0.5, 0.6) is 0 Å². The molecule has 0 spiro atoms. The highest BCUT2D eigenvalue weighted by molar-refractivity contribution is 6.31. The molecule has 4 N–H and O–H groups in total. The molecule has 0 radical (unpaired) electrons. The van der Waals surface area contributed by atoms with E-state index in [2.05, 4.69) is 10.3 Å². The van der Waals surface area contributed by atoms with E-state index in [0.29, 0.717) is 34.8 Å². The number of nitrogens with zero attached hydrogens (tertiary/aromatic N) is 2. The molecule has 9 heteroatoms. The number of nitrogen functional groups attached to an aromatic ring is 1. The summed E-state index contributed by atoms with van der Waals surface area (Å²) in [7, 11) is 1.32. The summed E-state index contributed by atoms with van der Waals surface area (Å²) in [5, 5.41) is 12.0. The van der Waals surface area contributed by atoms with E-state index in [-0.39, 0.29) is 17.8 Å². The predicted molar refractivity (Wildman–Crippen MR) is 149 cm³/mol. The second-order valence-corrected chi connectivity index (χ2v) is 9.27. The SMILES string of the molecule is COC(=O)C(NCC(=N)c1cc(Cl)ccc1N)c1cncc(Cc2ccc(Cn3ccccc3=O)cc2)c1. The van der Waals surface area contributed by atoms with E-state index in [4.69, 9.17) is 27.5 Å². The van der Waals surface area contributed by atoms with Crippen LogP contribution in [0.1, 0.15) is 33.9 Å². The second-order valence-electron chi connectivity index (χ2n) is 8.83. The zero-order valence-electron chi connectivity index (χ0n) is 20.9. The second kappa shape index (κ2) is 12.3. The van der Waals surface area contributed by atoms with Crippen LogP contribution in [0.15, 0.2) is 90.1 Å². The van der Waals surface area contributed by atoms with Gasteiger partial charge in [-0.05, 0) is 52.9 Å². The van der Waals surface area contributed by atoms with Gasteiger partial charge >= 0.3 is 5.97 Å². The van der Waals surface area contributed by atoms with Crippen molar-refractivity contribution in [2.75, 3.05) is 19.4 Å². The third kappa shape index (κ3) is 6.73. The number of rotatable bonds is 10. The van der Waals surface area contributed by atoms with Crippen molar-refractivity contribution >= 4 is 29.0 Å². The van der Waals surface area contributed by atoms with Gasteiger partial charge in [0, 0.05) is 47.5 Å². The number of anilines is 1. The maximum atomic E-state index is 12.6. The Morgan fingerprint density at radius 3 is 2.58 bits per heavy atom. The molecule has 4 aromatic rings. The third-order valence-electron chi connectivity index (χ3n) is 6.09. The number of nitrogens with two attached hydrogens (primary N) is 1. The van der Waals surface area contributed by atoms with Gasteiger partial charge in [0.25, 0.3) is 5.56 Å². The molecule has 0 aliphatic rings. The highest BCUT2D eigenvalue weighted by atomic mass is 35.5. The number of esters is 1. The lowest BCUT2D eigenvalue weighted by molar-refractivity contribution is -0.143. The first-order valence-corrected chi connectivity index (χ1v) is 12.3. The molecule has 0 saturated heterocycles. The zero-order valence-corrected chi connectivity index (χ0v) is 21.6. The standard InChI is InChI=1S/C29H28ClN5O3/c1-38-29(37)28(34-17-26(32)24-14-23(30)9-10-25(24)31)22-13-21(15-33-16-22)12-19-5-7-20(8-6-19)18-35-11-3-2-4-27(35)36/h2-11,13-16,28,32,34H,12,17-18,31H2,1H3. The van der Waals surface area contributed by atoms with Crippen LogP contribution in [0.25, 0.3) is 0 Å². The minimum Gasteiger partial charge on any atom is -0.468 e. The van der Waals surface area contributed by atoms with E-state index >= 15 is 0 Å². The molecule has 2 aromatic carbocycles. The van der Waals surface area contributed by atoms with Crippen LogP contribution in [0.4, 0.5) is 5.69 Å². The van der Waals surface area contributed by atoms with E-state index in [9.17, 15) is 9.59 Å². The van der Waals surface area contributed by atoms with E-state index in [0.717, 1.165) is 16.7 Å². The highest BCUT2D eigenvalue weighted by Crippen LogP contribution is 2.20. The van der Waals surface area contributed by atoms with Crippen molar-refractivity contribution in [1.29, 1.82) is 5.41 Å².